The number of halogens is 1. The van der Waals surface area contributed by atoms with Crippen LogP contribution in [0.25, 0.3) is 0 Å². The molecule has 0 heterocycles. The van der Waals surface area contributed by atoms with Crippen LogP contribution in [0.1, 0.15) is 30.1 Å². The zero-order valence-electron chi connectivity index (χ0n) is 11.5. The minimum absolute atomic E-state index is 0.0499. The molecule has 0 aliphatic carbocycles. The Labute approximate surface area is 122 Å². The molecule has 1 rings (SSSR count). The quantitative estimate of drug-likeness (QED) is 0.668. The van der Waals surface area contributed by atoms with E-state index in [9.17, 15) is 17.6 Å². The van der Waals surface area contributed by atoms with Gasteiger partial charge in [0, 0.05) is 13.2 Å². The number of sulfonamides is 1. The van der Waals surface area contributed by atoms with E-state index >= 15 is 0 Å². The van der Waals surface area contributed by atoms with Crippen molar-refractivity contribution in [1.82, 2.24) is 4.72 Å². The number of benzene rings is 1. The van der Waals surface area contributed by atoms with Gasteiger partial charge in [-0.3, -0.25) is 0 Å². The van der Waals surface area contributed by atoms with Gasteiger partial charge in [0.1, 0.15) is 10.7 Å². The van der Waals surface area contributed by atoms with Crippen molar-refractivity contribution in [1.29, 1.82) is 0 Å². The summed E-state index contributed by atoms with van der Waals surface area (Å²) in [6.07, 6.45) is 1.11. The minimum atomic E-state index is -4.06. The van der Waals surface area contributed by atoms with Crippen LogP contribution in [0.5, 0.6) is 0 Å². The lowest BCUT2D eigenvalue weighted by molar-refractivity contribution is 0.0696. The molecular formula is C13H18FNO5S. The van der Waals surface area contributed by atoms with E-state index in [0.29, 0.717) is 18.9 Å². The second-order valence-corrected chi connectivity index (χ2v) is 6.32. The van der Waals surface area contributed by atoms with Crippen molar-refractivity contribution in [2.24, 2.45) is 5.92 Å². The van der Waals surface area contributed by atoms with Gasteiger partial charge in [-0.05, 0) is 30.5 Å². The molecule has 0 aliphatic rings. The Morgan fingerprint density at radius 2 is 2.10 bits per heavy atom. The number of hydrogen-bond acceptors (Lipinski definition) is 4. The normalized spacial score (nSPS) is 13.1. The lowest BCUT2D eigenvalue weighted by Gasteiger charge is -2.15. The molecule has 0 saturated heterocycles. The zero-order chi connectivity index (χ0) is 16.0. The van der Waals surface area contributed by atoms with Crippen LogP contribution in [0.15, 0.2) is 23.1 Å². The molecule has 0 aliphatic heterocycles. The number of hydrogen-bond donors (Lipinski definition) is 3. The molecule has 0 aromatic heterocycles. The van der Waals surface area contributed by atoms with Gasteiger partial charge in [0.2, 0.25) is 10.0 Å². The Hall–Kier alpha value is -1.51. The van der Waals surface area contributed by atoms with Gasteiger partial charge in [-0.15, -0.1) is 0 Å². The van der Waals surface area contributed by atoms with E-state index in [-0.39, 0.29) is 24.6 Å². The molecule has 118 valence electrons. The molecule has 21 heavy (non-hydrogen) atoms. The van der Waals surface area contributed by atoms with Crippen molar-refractivity contribution in [2.45, 2.75) is 24.7 Å². The number of aliphatic hydroxyl groups is 1. The molecule has 8 heteroatoms. The summed E-state index contributed by atoms with van der Waals surface area (Å²) in [7, 11) is -4.06. The average molecular weight is 319 g/mol. The van der Waals surface area contributed by atoms with Crippen LogP contribution >= 0.6 is 0 Å². The molecule has 0 bridgehead atoms. The Kier molecular flexibility index (Phi) is 6.25. The highest BCUT2D eigenvalue weighted by Crippen LogP contribution is 2.17. The van der Waals surface area contributed by atoms with Crippen LogP contribution in [0.2, 0.25) is 0 Å². The molecule has 1 aromatic rings. The monoisotopic (exact) mass is 319 g/mol. The maximum atomic E-state index is 13.7. The summed E-state index contributed by atoms with van der Waals surface area (Å²) >= 11 is 0. The summed E-state index contributed by atoms with van der Waals surface area (Å²) in [5.74, 6) is -2.50. The summed E-state index contributed by atoms with van der Waals surface area (Å²) in [5, 5.41) is 17.6. The maximum Gasteiger partial charge on any atom is 0.335 e. The predicted octanol–water partition coefficient (Wildman–Crippen LogP) is 1.21. The van der Waals surface area contributed by atoms with E-state index in [1.807, 2.05) is 6.92 Å². The molecule has 3 N–H and O–H groups in total. The number of carboxylic acids is 1. The third-order valence-electron chi connectivity index (χ3n) is 3.15. The van der Waals surface area contributed by atoms with E-state index in [2.05, 4.69) is 4.72 Å². The summed E-state index contributed by atoms with van der Waals surface area (Å²) < 4.78 is 40.0. The Balaban J connectivity index is 2.90. The van der Waals surface area contributed by atoms with Crippen molar-refractivity contribution in [2.75, 3.05) is 13.2 Å². The summed E-state index contributed by atoms with van der Waals surface area (Å²) in [6.45, 7) is 1.89. The number of aliphatic hydroxyl groups excluding tert-OH is 1. The summed E-state index contributed by atoms with van der Waals surface area (Å²) in [4.78, 5) is 10.1. The van der Waals surface area contributed by atoms with E-state index in [1.165, 1.54) is 0 Å². The first-order valence-electron chi connectivity index (χ1n) is 6.45. The number of aromatic carboxylic acids is 1. The van der Waals surface area contributed by atoms with Gasteiger partial charge >= 0.3 is 5.97 Å². The largest absolute Gasteiger partial charge is 0.478 e. The van der Waals surface area contributed by atoms with Gasteiger partial charge < -0.3 is 10.2 Å². The van der Waals surface area contributed by atoms with Crippen molar-refractivity contribution < 1.29 is 27.8 Å². The van der Waals surface area contributed by atoms with E-state index < -0.39 is 26.7 Å². The van der Waals surface area contributed by atoms with Gasteiger partial charge in [0.15, 0.2) is 0 Å². The number of carboxylic acid groups (broad SMARTS) is 1. The van der Waals surface area contributed by atoms with E-state index in [0.717, 1.165) is 12.1 Å². The minimum Gasteiger partial charge on any atom is -0.478 e. The first-order valence-corrected chi connectivity index (χ1v) is 7.93. The van der Waals surface area contributed by atoms with E-state index in [4.69, 9.17) is 10.2 Å². The van der Waals surface area contributed by atoms with Crippen LogP contribution in [0.3, 0.4) is 0 Å². The van der Waals surface area contributed by atoms with E-state index in [1.54, 1.807) is 0 Å². The lowest BCUT2D eigenvalue weighted by Crippen LogP contribution is -2.30. The SMILES string of the molecule is CCC(CCO)CNS(=O)(=O)c1ccc(C(=O)O)cc1F. The van der Waals surface area contributed by atoms with Crippen molar-refractivity contribution >= 4 is 16.0 Å². The molecule has 0 fully saturated rings. The molecule has 1 atom stereocenters. The first-order chi connectivity index (χ1) is 9.81. The second kappa shape index (κ2) is 7.48. The van der Waals surface area contributed by atoms with Gasteiger partial charge in [0.25, 0.3) is 0 Å². The number of rotatable bonds is 8. The summed E-state index contributed by atoms with van der Waals surface area (Å²) in [5.41, 5.74) is -0.321. The highest BCUT2D eigenvalue weighted by atomic mass is 32.2. The molecule has 0 saturated carbocycles. The van der Waals surface area contributed by atoms with Crippen LogP contribution in [0.4, 0.5) is 4.39 Å². The van der Waals surface area contributed by atoms with Crippen LogP contribution in [-0.2, 0) is 10.0 Å². The van der Waals surface area contributed by atoms with Gasteiger partial charge in [0.05, 0.1) is 5.56 Å². The fourth-order valence-corrected chi connectivity index (χ4v) is 2.96. The molecule has 0 spiro atoms. The Morgan fingerprint density at radius 3 is 2.57 bits per heavy atom. The Morgan fingerprint density at radius 1 is 1.43 bits per heavy atom. The van der Waals surface area contributed by atoms with Crippen LogP contribution < -0.4 is 4.72 Å². The number of nitrogens with one attached hydrogen (secondary N) is 1. The highest BCUT2D eigenvalue weighted by Gasteiger charge is 2.21. The van der Waals surface area contributed by atoms with Crippen molar-refractivity contribution in [3.63, 3.8) is 0 Å². The topological polar surface area (TPSA) is 104 Å². The van der Waals surface area contributed by atoms with Gasteiger partial charge in [-0.1, -0.05) is 13.3 Å². The smallest absolute Gasteiger partial charge is 0.335 e. The van der Waals surface area contributed by atoms with Gasteiger partial charge in [-0.2, -0.15) is 0 Å². The first kappa shape index (κ1) is 17.5. The standard InChI is InChI=1S/C13H18FNO5S/c1-2-9(5-6-16)8-15-21(19,20)12-4-3-10(13(17)18)7-11(12)14/h3-4,7,9,15-16H,2,5-6,8H2,1H3,(H,17,18). The maximum absolute atomic E-state index is 13.7. The van der Waals surface area contributed by atoms with Crippen LogP contribution in [0, 0.1) is 11.7 Å². The second-order valence-electron chi connectivity index (χ2n) is 4.59. The molecule has 0 amide bonds. The molecule has 1 unspecified atom stereocenters. The predicted molar refractivity (Wildman–Crippen MR) is 74.0 cm³/mol. The third kappa shape index (κ3) is 4.76. The average Bonchev–Trinajstić information content (AvgIpc) is 2.42. The fourth-order valence-electron chi connectivity index (χ4n) is 1.79. The molecule has 6 nitrogen and oxygen atoms in total. The number of carbonyl (C=O) groups is 1. The zero-order valence-corrected chi connectivity index (χ0v) is 12.4. The van der Waals surface area contributed by atoms with Crippen molar-refractivity contribution in [3.05, 3.63) is 29.6 Å². The molecule has 1 aromatic carbocycles. The van der Waals surface area contributed by atoms with Crippen molar-refractivity contribution in [3.8, 4) is 0 Å². The third-order valence-corrected chi connectivity index (χ3v) is 4.60. The fraction of sp³-hybridized carbons (Fsp3) is 0.462. The van der Waals surface area contributed by atoms with Gasteiger partial charge in [-0.25, -0.2) is 22.3 Å². The molecule has 0 radical (unpaired) electrons. The Bertz CT molecular complexity index is 603. The lowest BCUT2D eigenvalue weighted by atomic mass is 10.0. The molecular weight excluding hydrogens is 301 g/mol. The highest BCUT2D eigenvalue weighted by molar-refractivity contribution is 7.89. The van der Waals surface area contributed by atoms with Crippen LogP contribution in [-0.4, -0.2) is 37.8 Å². The summed E-state index contributed by atoms with van der Waals surface area (Å²) in [6, 6.07) is 2.63.